The van der Waals surface area contributed by atoms with Crippen molar-refractivity contribution in [3.05, 3.63) is 41.4 Å². The Bertz CT molecular complexity index is 846. The van der Waals surface area contributed by atoms with E-state index < -0.39 is 0 Å². The molecule has 170 valence electrons. The molecular weight excluding hydrogens is 507 g/mol. The minimum Gasteiger partial charge on any atom is -0.477 e. The van der Waals surface area contributed by atoms with Gasteiger partial charge < -0.3 is 19.5 Å². The van der Waals surface area contributed by atoms with Crippen molar-refractivity contribution in [2.45, 2.75) is 39.8 Å². The molecule has 1 saturated carbocycles. The molecule has 1 saturated heterocycles. The van der Waals surface area contributed by atoms with E-state index in [1.165, 1.54) is 12.8 Å². The van der Waals surface area contributed by atoms with Crippen LogP contribution in [0.2, 0.25) is 0 Å². The van der Waals surface area contributed by atoms with E-state index in [1.54, 1.807) is 0 Å². The van der Waals surface area contributed by atoms with Gasteiger partial charge >= 0.3 is 0 Å². The summed E-state index contributed by atoms with van der Waals surface area (Å²) in [5.74, 6) is 3.26. The molecule has 3 heterocycles. The zero-order valence-corrected chi connectivity index (χ0v) is 20.7. The average molecular weight is 540 g/mol. The summed E-state index contributed by atoms with van der Waals surface area (Å²) < 4.78 is 11.0. The summed E-state index contributed by atoms with van der Waals surface area (Å²) in [5.41, 5.74) is 2.12. The molecule has 4 rings (SSSR count). The topological polar surface area (TPSA) is 79.0 Å². The van der Waals surface area contributed by atoms with Crippen molar-refractivity contribution >= 4 is 29.9 Å². The Hall–Kier alpha value is -1.88. The summed E-state index contributed by atoms with van der Waals surface area (Å²) in [6.45, 7) is 10.9. The smallest absolute Gasteiger partial charge is 0.213 e. The number of piperazine rings is 1. The van der Waals surface area contributed by atoms with Gasteiger partial charge in [-0.05, 0) is 44.2 Å². The van der Waals surface area contributed by atoms with Crippen molar-refractivity contribution in [2.24, 2.45) is 10.9 Å². The van der Waals surface area contributed by atoms with Gasteiger partial charge in [-0.2, -0.15) is 0 Å². The van der Waals surface area contributed by atoms with Gasteiger partial charge in [0.05, 0.1) is 18.8 Å². The van der Waals surface area contributed by atoms with Crippen LogP contribution in [-0.2, 0) is 13.1 Å². The monoisotopic (exact) mass is 540 g/mol. The van der Waals surface area contributed by atoms with E-state index in [-0.39, 0.29) is 24.0 Å². The first-order chi connectivity index (χ1) is 14.7. The highest BCUT2D eigenvalue weighted by atomic mass is 127. The number of nitrogens with zero attached hydrogens (tertiary/aromatic N) is 5. The molecule has 1 N–H and O–H groups in total. The fraction of sp³-hybridized carbons (Fsp3) is 0.591. The maximum Gasteiger partial charge on any atom is 0.213 e. The second-order valence-electron chi connectivity index (χ2n) is 8.12. The molecule has 0 unspecified atom stereocenters. The van der Waals surface area contributed by atoms with Crippen molar-refractivity contribution in [2.75, 3.05) is 39.3 Å². The molecule has 2 aromatic rings. The first-order valence-corrected chi connectivity index (χ1v) is 10.9. The lowest BCUT2D eigenvalue weighted by atomic mass is 10.2. The van der Waals surface area contributed by atoms with E-state index >= 15 is 0 Å². The third-order valence-electron chi connectivity index (χ3n) is 5.44. The summed E-state index contributed by atoms with van der Waals surface area (Å²) in [6.07, 6.45) is 4.37. The predicted octanol–water partition coefficient (Wildman–Crippen LogP) is 3.07. The van der Waals surface area contributed by atoms with Crippen LogP contribution >= 0.6 is 24.0 Å². The molecule has 8 nitrogen and oxygen atoms in total. The number of hydrogen-bond donors (Lipinski definition) is 1. The summed E-state index contributed by atoms with van der Waals surface area (Å²) >= 11 is 0. The molecule has 0 bridgehead atoms. The van der Waals surface area contributed by atoms with Crippen LogP contribution in [0.1, 0.15) is 36.8 Å². The lowest BCUT2D eigenvalue weighted by Gasteiger charge is -2.36. The number of nitrogens with one attached hydrogen (secondary N) is 1. The van der Waals surface area contributed by atoms with Gasteiger partial charge in [-0.15, -0.1) is 24.0 Å². The van der Waals surface area contributed by atoms with Crippen LogP contribution in [0.3, 0.4) is 0 Å². The molecular formula is C22H33IN6O2. The standard InChI is InChI=1S/C22H32N6O2.HI/c1-3-23-22(25-14-19-6-7-24-21(13-19)29-16-18-4-5-18)28-10-8-27(9-11-28)15-20-12-17(2)30-26-20;/h6-7,12-13,18H,3-5,8-11,14-16H2,1-2H3,(H,23,25);1H. The summed E-state index contributed by atoms with van der Waals surface area (Å²) in [5, 5.41) is 7.54. The molecule has 0 atom stereocenters. The Morgan fingerprint density at radius 3 is 2.74 bits per heavy atom. The summed E-state index contributed by atoms with van der Waals surface area (Å²) in [6, 6.07) is 6.03. The molecule has 0 aromatic carbocycles. The van der Waals surface area contributed by atoms with E-state index in [1.807, 2.05) is 31.3 Å². The van der Waals surface area contributed by atoms with Crippen molar-refractivity contribution < 1.29 is 9.26 Å². The maximum absolute atomic E-state index is 5.80. The van der Waals surface area contributed by atoms with Crippen LogP contribution in [-0.4, -0.2) is 65.2 Å². The number of hydrogen-bond acceptors (Lipinski definition) is 6. The molecule has 2 aliphatic rings. The number of ether oxygens (including phenoxy) is 1. The first kappa shape index (κ1) is 23.8. The highest BCUT2D eigenvalue weighted by molar-refractivity contribution is 14.0. The minimum atomic E-state index is 0. The molecule has 1 aliphatic carbocycles. The lowest BCUT2D eigenvalue weighted by Crippen LogP contribution is -2.52. The van der Waals surface area contributed by atoms with Crippen LogP contribution < -0.4 is 10.1 Å². The molecule has 0 amide bonds. The zero-order valence-electron chi connectivity index (χ0n) is 18.4. The number of aliphatic imine (C=N–C) groups is 1. The van der Waals surface area contributed by atoms with Gasteiger partial charge in [-0.1, -0.05) is 5.16 Å². The molecule has 2 fully saturated rings. The Morgan fingerprint density at radius 1 is 1.26 bits per heavy atom. The second kappa shape index (κ2) is 11.7. The highest BCUT2D eigenvalue weighted by Crippen LogP contribution is 2.29. The molecule has 1 aliphatic heterocycles. The summed E-state index contributed by atoms with van der Waals surface area (Å²) in [7, 11) is 0. The van der Waals surface area contributed by atoms with Gasteiger partial charge in [0.1, 0.15) is 5.76 Å². The molecule has 0 radical (unpaired) electrons. The summed E-state index contributed by atoms with van der Waals surface area (Å²) in [4.78, 5) is 13.9. The van der Waals surface area contributed by atoms with Gasteiger partial charge in [-0.25, -0.2) is 9.98 Å². The van der Waals surface area contributed by atoms with Crippen LogP contribution in [0.25, 0.3) is 0 Å². The van der Waals surface area contributed by atoms with Crippen molar-refractivity contribution in [3.8, 4) is 5.88 Å². The number of pyridine rings is 1. The van der Waals surface area contributed by atoms with E-state index in [9.17, 15) is 0 Å². The number of aryl methyl sites for hydroxylation is 1. The van der Waals surface area contributed by atoms with Crippen LogP contribution in [0.4, 0.5) is 0 Å². The van der Waals surface area contributed by atoms with E-state index in [4.69, 9.17) is 14.3 Å². The Kier molecular flexibility index (Phi) is 8.94. The third kappa shape index (κ3) is 7.34. The number of guanidine groups is 1. The maximum atomic E-state index is 5.80. The number of aromatic nitrogens is 2. The van der Waals surface area contributed by atoms with Crippen molar-refractivity contribution in [1.29, 1.82) is 0 Å². The Morgan fingerprint density at radius 2 is 2.06 bits per heavy atom. The molecule has 0 spiro atoms. The third-order valence-corrected chi connectivity index (χ3v) is 5.44. The SMILES string of the molecule is CCNC(=NCc1ccnc(OCC2CC2)c1)N1CCN(Cc2cc(C)on2)CC1.I. The molecule has 31 heavy (non-hydrogen) atoms. The van der Waals surface area contributed by atoms with Gasteiger partial charge in [0.25, 0.3) is 0 Å². The number of halogens is 1. The lowest BCUT2D eigenvalue weighted by molar-refractivity contribution is 0.169. The van der Waals surface area contributed by atoms with E-state index in [2.05, 4.69) is 32.2 Å². The van der Waals surface area contributed by atoms with Crippen molar-refractivity contribution in [3.63, 3.8) is 0 Å². The van der Waals surface area contributed by atoms with Crippen molar-refractivity contribution in [1.82, 2.24) is 25.3 Å². The van der Waals surface area contributed by atoms with Crippen LogP contribution in [0.5, 0.6) is 5.88 Å². The van der Waals surface area contributed by atoms with Crippen LogP contribution in [0, 0.1) is 12.8 Å². The quantitative estimate of drug-likeness (QED) is 0.313. The minimum absolute atomic E-state index is 0. The molecule has 2 aromatic heterocycles. The van der Waals surface area contributed by atoms with Gasteiger partial charge in [0.2, 0.25) is 5.88 Å². The largest absolute Gasteiger partial charge is 0.477 e. The Balaban J connectivity index is 0.00000272. The fourth-order valence-corrected chi connectivity index (χ4v) is 3.55. The first-order valence-electron chi connectivity index (χ1n) is 10.9. The zero-order chi connectivity index (χ0) is 20.8. The van der Waals surface area contributed by atoms with E-state index in [0.717, 1.165) is 74.8 Å². The van der Waals surface area contributed by atoms with Crippen LogP contribution in [0.15, 0.2) is 33.9 Å². The normalized spacial score (nSPS) is 17.4. The fourth-order valence-electron chi connectivity index (χ4n) is 3.55. The van der Waals surface area contributed by atoms with E-state index in [0.29, 0.717) is 12.4 Å². The second-order valence-corrected chi connectivity index (χ2v) is 8.12. The van der Waals surface area contributed by atoms with Gasteiger partial charge in [-0.3, -0.25) is 4.90 Å². The molecule has 9 heteroatoms. The Labute approximate surface area is 201 Å². The van der Waals surface area contributed by atoms with Gasteiger partial charge in [0.15, 0.2) is 5.96 Å². The average Bonchev–Trinajstić information content (AvgIpc) is 3.51. The van der Waals surface area contributed by atoms with Gasteiger partial charge in [0, 0.05) is 57.6 Å². The highest BCUT2D eigenvalue weighted by Gasteiger charge is 2.22. The predicted molar refractivity (Wildman–Crippen MR) is 131 cm³/mol. The number of rotatable bonds is 8.